The molecule has 10 heteroatoms. The van der Waals surface area contributed by atoms with Gasteiger partial charge in [0.05, 0.1) is 28.2 Å². The quantitative estimate of drug-likeness (QED) is 0.571. The summed E-state index contributed by atoms with van der Waals surface area (Å²) in [5, 5.41) is 11.0. The standard InChI is InChI=1S/C16H10F2N4O4/c17-16(18)15(23)21(8-14-19-10-3-1-2-4-11(10)20-14)12-7-9(22(24)25)5-6-13(12)26-16/h1-7H,8H2,(H,19,20). The van der Waals surface area contributed by atoms with Gasteiger partial charge in [-0.25, -0.2) is 4.98 Å². The Morgan fingerprint density at radius 2 is 2.04 bits per heavy atom. The van der Waals surface area contributed by atoms with E-state index in [2.05, 4.69) is 14.7 Å². The van der Waals surface area contributed by atoms with Crippen LogP contribution < -0.4 is 9.64 Å². The van der Waals surface area contributed by atoms with Crippen LogP contribution in [-0.4, -0.2) is 26.9 Å². The summed E-state index contributed by atoms with van der Waals surface area (Å²) < 4.78 is 32.2. The largest absolute Gasteiger partial charge is 0.482 e. The Labute approximate surface area is 144 Å². The number of nitro groups is 1. The molecule has 2 aromatic carbocycles. The van der Waals surface area contributed by atoms with Crippen LogP contribution >= 0.6 is 0 Å². The number of carbonyl (C=O) groups excluding carboxylic acids is 1. The van der Waals surface area contributed by atoms with Crippen LogP contribution in [0, 0.1) is 10.1 Å². The number of hydrogen-bond acceptors (Lipinski definition) is 5. The molecule has 0 saturated carbocycles. The Bertz CT molecular complexity index is 1020. The van der Waals surface area contributed by atoms with Gasteiger partial charge in [0.25, 0.3) is 5.69 Å². The lowest BCUT2D eigenvalue weighted by Crippen LogP contribution is -2.50. The normalized spacial score (nSPS) is 15.6. The summed E-state index contributed by atoms with van der Waals surface area (Å²) >= 11 is 0. The second-order valence-electron chi connectivity index (χ2n) is 5.62. The molecule has 2 heterocycles. The van der Waals surface area contributed by atoms with Gasteiger partial charge >= 0.3 is 12.0 Å². The van der Waals surface area contributed by atoms with Gasteiger partial charge in [0.2, 0.25) is 0 Å². The Morgan fingerprint density at radius 1 is 1.27 bits per heavy atom. The minimum absolute atomic E-state index is 0.115. The third-order valence-corrected chi connectivity index (χ3v) is 3.92. The number of ether oxygens (including phenoxy) is 1. The Kier molecular flexibility index (Phi) is 3.36. The van der Waals surface area contributed by atoms with Gasteiger partial charge in [0.15, 0.2) is 5.75 Å². The minimum Gasteiger partial charge on any atom is -0.423 e. The van der Waals surface area contributed by atoms with Crippen molar-refractivity contribution < 1.29 is 23.2 Å². The number of imidazole rings is 1. The maximum Gasteiger partial charge on any atom is 0.482 e. The van der Waals surface area contributed by atoms with E-state index >= 15 is 0 Å². The van der Waals surface area contributed by atoms with Crippen LogP contribution in [0.1, 0.15) is 5.82 Å². The molecule has 8 nitrogen and oxygen atoms in total. The van der Waals surface area contributed by atoms with Crippen molar-refractivity contribution in [3.63, 3.8) is 0 Å². The number of rotatable bonds is 3. The number of halogens is 2. The van der Waals surface area contributed by atoms with Crippen LogP contribution in [-0.2, 0) is 11.3 Å². The molecule has 1 N–H and O–H groups in total. The number of alkyl halides is 2. The van der Waals surface area contributed by atoms with E-state index in [1.807, 2.05) is 0 Å². The highest BCUT2D eigenvalue weighted by Gasteiger charge is 2.51. The molecule has 0 atom stereocenters. The number of aromatic amines is 1. The Hall–Kier alpha value is -3.56. The van der Waals surface area contributed by atoms with Crippen LogP contribution in [0.3, 0.4) is 0 Å². The molecule has 4 rings (SSSR count). The number of benzene rings is 2. The fraction of sp³-hybridized carbons (Fsp3) is 0.125. The first-order valence-corrected chi connectivity index (χ1v) is 7.46. The van der Waals surface area contributed by atoms with Crippen molar-refractivity contribution in [1.29, 1.82) is 0 Å². The van der Waals surface area contributed by atoms with E-state index in [0.717, 1.165) is 23.1 Å². The third kappa shape index (κ3) is 2.51. The summed E-state index contributed by atoms with van der Waals surface area (Å²) in [5.74, 6) is -1.68. The van der Waals surface area contributed by atoms with Crippen LogP contribution in [0.4, 0.5) is 20.2 Å². The first-order chi connectivity index (χ1) is 12.3. The van der Waals surface area contributed by atoms with Gasteiger partial charge in [0.1, 0.15) is 5.82 Å². The zero-order chi connectivity index (χ0) is 18.5. The molecule has 132 valence electrons. The number of non-ortho nitro benzene ring substituents is 1. The van der Waals surface area contributed by atoms with Gasteiger partial charge in [0, 0.05) is 12.1 Å². The van der Waals surface area contributed by atoms with Crippen molar-refractivity contribution in [2.24, 2.45) is 0 Å². The molecule has 0 fully saturated rings. The number of amides is 1. The van der Waals surface area contributed by atoms with Gasteiger partial charge in [-0.05, 0) is 18.2 Å². The molecular formula is C16H10F2N4O4. The zero-order valence-corrected chi connectivity index (χ0v) is 13.0. The van der Waals surface area contributed by atoms with Gasteiger partial charge in [-0.2, -0.15) is 8.78 Å². The minimum atomic E-state index is -4.07. The molecule has 1 aromatic heterocycles. The number of hydrogen-bond donors (Lipinski definition) is 1. The maximum absolute atomic E-state index is 13.9. The SMILES string of the molecule is O=C1N(Cc2nc3ccccc3[nH]2)c2cc([N+](=O)[O-])ccc2OC1(F)F. The summed E-state index contributed by atoms with van der Waals surface area (Å²) in [5.41, 5.74) is 0.819. The molecule has 0 aliphatic carbocycles. The number of nitrogens with zero attached hydrogens (tertiary/aromatic N) is 3. The maximum atomic E-state index is 13.9. The smallest absolute Gasteiger partial charge is 0.423 e. The van der Waals surface area contributed by atoms with Crippen molar-refractivity contribution in [2.75, 3.05) is 4.90 Å². The van der Waals surface area contributed by atoms with Gasteiger partial charge in [-0.15, -0.1) is 0 Å². The van der Waals surface area contributed by atoms with Gasteiger partial charge in [-0.3, -0.25) is 19.8 Å². The molecule has 1 aliphatic rings. The van der Waals surface area contributed by atoms with E-state index in [0.29, 0.717) is 11.0 Å². The number of H-pyrrole nitrogens is 1. The fourth-order valence-electron chi connectivity index (χ4n) is 2.75. The Balaban J connectivity index is 1.79. The van der Waals surface area contributed by atoms with Crippen molar-refractivity contribution >= 4 is 28.3 Å². The lowest BCUT2D eigenvalue weighted by atomic mass is 10.2. The summed E-state index contributed by atoms with van der Waals surface area (Å²) in [6.07, 6.45) is -4.07. The highest BCUT2D eigenvalue weighted by molar-refractivity contribution is 6.01. The van der Waals surface area contributed by atoms with Crippen LogP contribution in [0.15, 0.2) is 42.5 Å². The lowest BCUT2D eigenvalue weighted by Gasteiger charge is -2.32. The first-order valence-electron chi connectivity index (χ1n) is 7.46. The number of carbonyl (C=O) groups is 1. The zero-order valence-electron chi connectivity index (χ0n) is 13.0. The van der Waals surface area contributed by atoms with E-state index in [1.165, 1.54) is 0 Å². The molecule has 0 spiro atoms. The van der Waals surface area contributed by atoms with Crippen LogP contribution in [0.25, 0.3) is 11.0 Å². The highest BCUT2D eigenvalue weighted by atomic mass is 19.3. The van der Waals surface area contributed by atoms with E-state index in [9.17, 15) is 23.7 Å². The molecule has 3 aromatic rings. The van der Waals surface area contributed by atoms with Gasteiger partial charge < -0.3 is 9.72 Å². The van der Waals surface area contributed by atoms with Crippen molar-refractivity contribution in [3.05, 3.63) is 58.4 Å². The molecule has 0 radical (unpaired) electrons. The van der Waals surface area contributed by atoms with Crippen LogP contribution in [0.2, 0.25) is 0 Å². The van der Waals surface area contributed by atoms with E-state index < -0.39 is 16.9 Å². The number of nitro benzene ring substituents is 1. The summed E-state index contributed by atoms with van der Waals surface area (Å²) in [4.78, 5) is 30.3. The predicted molar refractivity (Wildman–Crippen MR) is 86.0 cm³/mol. The first kappa shape index (κ1) is 15.9. The highest BCUT2D eigenvalue weighted by Crippen LogP contribution is 2.41. The molecule has 0 unspecified atom stereocenters. The molecule has 1 amide bonds. The second kappa shape index (κ2) is 5.48. The van der Waals surface area contributed by atoms with Crippen molar-refractivity contribution in [2.45, 2.75) is 12.7 Å². The number of nitrogens with one attached hydrogen (secondary N) is 1. The van der Waals surface area contributed by atoms with Crippen molar-refractivity contribution in [1.82, 2.24) is 9.97 Å². The van der Waals surface area contributed by atoms with E-state index in [1.54, 1.807) is 24.3 Å². The summed E-state index contributed by atoms with van der Waals surface area (Å²) in [6.45, 7) is -0.319. The topological polar surface area (TPSA) is 101 Å². The van der Waals surface area contributed by atoms with Crippen LogP contribution in [0.5, 0.6) is 5.75 Å². The van der Waals surface area contributed by atoms with E-state index in [4.69, 9.17) is 0 Å². The number of para-hydroxylation sites is 2. The fourth-order valence-corrected chi connectivity index (χ4v) is 2.75. The summed E-state index contributed by atoms with van der Waals surface area (Å²) in [7, 11) is 0. The molecule has 26 heavy (non-hydrogen) atoms. The third-order valence-electron chi connectivity index (χ3n) is 3.92. The molecule has 0 bridgehead atoms. The molecular weight excluding hydrogens is 350 g/mol. The number of aromatic nitrogens is 2. The van der Waals surface area contributed by atoms with Crippen molar-refractivity contribution in [3.8, 4) is 5.75 Å². The monoisotopic (exact) mass is 360 g/mol. The number of anilines is 1. The predicted octanol–water partition coefficient (Wildman–Crippen LogP) is 2.99. The van der Waals surface area contributed by atoms with Gasteiger partial charge in [-0.1, -0.05) is 12.1 Å². The Morgan fingerprint density at radius 3 is 2.77 bits per heavy atom. The summed E-state index contributed by atoms with van der Waals surface area (Å²) in [6, 6.07) is 10.1. The average Bonchev–Trinajstić information content (AvgIpc) is 3.00. The molecule has 1 aliphatic heterocycles. The number of fused-ring (bicyclic) bond motifs is 2. The molecule has 0 saturated heterocycles. The lowest BCUT2D eigenvalue weighted by molar-refractivity contribution is -0.384. The van der Waals surface area contributed by atoms with E-state index in [-0.39, 0.29) is 29.5 Å². The second-order valence-corrected chi connectivity index (χ2v) is 5.62. The average molecular weight is 360 g/mol.